The van der Waals surface area contributed by atoms with Crippen molar-refractivity contribution < 1.29 is 19.4 Å². The van der Waals surface area contributed by atoms with E-state index in [-0.39, 0.29) is 17.2 Å². The summed E-state index contributed by atoms with van der Waals surface area (Å²) in [6.45, 7) is 1.33. The number of carboxylic acids is 1. The minimum Gasteiger partial charge on any atom is -0.484 e. The van der Waals surface area contributed by atoms with Gasteiger partial charge in [0.15, 0.2) is 6.61 Å². The van der Waals surface area contributed by atoms with E-state index in [9.17, 15) is 9.59 Å². The molecule has 0 saturated carbocycles. The molecule has 2 N–H and O–H groups in total. The molecule has 1 amide bonds. The standard InChI is InChI=1S/C13H11ClN2O4S/c1-7-11(13(18)19)12(21-16-7)15-10(17)6-20-9-4-2-8(14)3-5-9/h2-5H,6H2,1H3,(H,15,17)(H,18,19). The Morgan fingerprint density at radius 1 is 1.38 bits per heavy atom. The Labute approximate surface area is 129 Å². The molecule has 0 unspecified atom stereocenters. The molecule has 0 spiro atoms. The summed E-state index contributed by atoms with van der Waals surface area (Å²) in [7, 11) is 0. The van der Waals surface area contributed by atoms with Crippen LogP contribution in [0.4, 0.5) is 5.00 Å². The highest BCUT2D eigenvalue weighted by atomic mass is 35.5. The number of ether oxygens (including phenoxy) is 1. The molecule has 110 valence electrons. The molecule has 1 aromatic heterocycles. The molecule has 0 radical (unpaired) electrons. The predicted octanol–water partition coefficient (Wildman–Crippen LogP) is 2.82. The highest BCUT2D eigenvalue weighted by Crippen LogP contribution is 2.24. The number of aromatic carboxylic acids is 1. The zero-order chi connectivity index (χ0) is 15.4. The summed E-state index contributed by atoms with van der Waals surface area (Å²) >= 11 is 6.66. The molecule has 0 fully saturated rings. The van der Waals surface area contributed by atoms with Gasteiger partial charge in [0.05, 0.1) is 5.69 Å². The number of carbonyl (C=O) groups is 2. The molecule has 1 aromatic carbocycles. The number of benzene rings is 1. The maximum absolute atomic E-state index is 11.8. The minimum absolute atomic E-state index is 0.000145. The van der Waals surface area contributed by atoms with Crippen molar-refractivity contribution in [3.05, 3.63) is 40.5 Å². The van der Waals surface area contributed by atoms with E-state index in [1.54, 1.807) is 31.2 Å². The van der Waals surface area contributed by atoms with Gasteiger partial charge in [-0.2, -0.15) is 4.37 Å². The lowest BCUT2D eigenvalue weighted by molar-refractivity contribution is -0.118. The summed E-state index contributed by atoms with van der Waals surface area (Å²) in [5, 5.41) is 12.3. The van der Waals surface area contributed by atoms with Crippen LogP contribution in [0.25, 0.3) is 0 Å². The maximum Gasteiger partial charge on any atom is 0.340 e. The van der Waals surface area contributed by atoms with Crippen LogP contribution in [-0.4, -0.2) is 28.0 Å². The fraction of sp³-hybridized carbons (Fsp3) is 0.154. The van der Waals surface area contributed by atoms with Crippen LogP contribution in [0.2, 0.25) is 5.02 Å². The van der Waals surface area contributed by atoms with E-state index in [0.717, 1.165) is 11.5 Å². The molecule has 0 atom stereocenters. The predicted molar refractivity (Wildman–Crippen MR) is 79.4 cm³/mol. The zero-order valence-electron chi connectivity index (χ0n) is 10.9. The summed E-state index contributed by atoms with van der Waals surface area (Å²) in [5.74, 6) is -1.10. The Kier molecular flexibility index (Phi) is 4.77. The van der Waals surface area contributed by atoms with E-state index in [2.05, 4.69) is 9.69 Å². The zero-order valence-corrected chi connectivity index (χ0v) is 12.5. The van der Waals surface area contributed by atoms with Gasteiger partial charge in [0.25, 0.3) is 5.91 Å². The van der Waals surface area contributed by atoms with E-state index in [4.69, 9.17) is 21.4 Å². The second-order valence-corrected chi connectivity index (χ2v) is 5.28. The van der Waals surface area contributed by atoms with E-state index in [1.807, 2.05) is 0 Å². The van der Waals surface area contributed by atoms with Crippen LogP contribution in [0, 0.1) is 6.92 Å². The van der Waals surface area contributed by atoms with Crippen molar-refractivity contribution in [2.75, 3.05) is 11.9 Å². The van der Waals surface area contributed by atoms with Crippen molar-refractivity contribution in [2.24, 2.45) is 0 Å². The van der Waals surface area contributed by atoms with Gasteiger partial charge >= 0.3 is 5.97 Å². The second-order valence-electron chi connectivity index (χ2n) is 4.07. The molecule has 1 heterocycles. The van der Waals surface area contributed by atoms with Crippen LogP contribution in [0.1, 0.15) is 16.1 Å². The molecule has 0 bridgehead atoms. The number of hydrogen-bond acceptors (Lipinski definition) is 5. The molecule has 0 aliphatic rings. The number of halogens is 1. The highest BCUT2D eigenvalue weighted by molar-refractivity contribution is 7.11. The largest absolute Gasteiger partial charge is 0.484 e. The van der Waals surface area contributed by atoms with Crippen molar-refractivity contribution >= 4 is 40.0 Å². The number of amides is 1. The Hall–Kier alpha value is -2.12. The number of carbonyl (C=O) groups excluding carboxylic acids is 1. The summed E-state index contributed by atoms with van der Waals surface area (Å²) in [6.07, 6.45) is 0. The molecule has 0 aliphatic carbocycles. The van der Waals surface area contributed by atoms with E-state index >= 15 is 0 Å². The van der Waals surface area contributed by atoms with Gasteiger partial charge in [-0.1, -0.05) is 11.6 Å². The van der Waals surface area contributed by atoms with Crippen LogP contribution in [-0.2, 0) is 4.79 Å². The summed E-state index contributed by atoms with van der Waals surface area (Å²) < 4.78 is 9.18. The molecule has 2 aromatic rings. The van der Waals surface area contributed by atoms with Gasteiger partial charge in [-0.3, -0.25) is 4.79 Å². The van der Waals surface area contributed by atoms with Crippen LogP contribution >= 0.6 is 23.1 Å². The van der Waals surface area contributed by atoms with Gasteiger partial charge in [0.2, 0.25) is 0 Å². The number of nitrogens with zero attached hydrogens (tertiary/aromatic N) is 1. The van der Waals surface area contributed by atoms with E-state index in [1.165, 1.54) is 0 Å². The van der Waals surface area contributed by atoms with Gasteiger partial charge in [0, 0.05) is 5.02 Å². The summed E-state index contributed by atoms with van der Waals surface area (Å²) in [5.41, 5.74) is 0.362. The SMILES string of the molecule is Cc1nsc(NC(=O)COc2ccc(Cl)cc2)c1C(=O)O. The van der Waals surface area contributed by atoms with Gasteiger partial charge in [-0.15, -0.1) is 0 Å². The van der Waals surface area contributed by atoms with Crippen molar-refractivity contribution in [1.82, 2.24) is 4.37 Å². The fourth-order valence-electron chi connectivity index (χ4n) is 1.55. The first-order chi connectivity index (χ1) is 9.97. The number of aryl methyl sites for hydroxylation is 1. The Balaban J connectivity index is 1.96. The van der Waals surface area contributed by atoms with Crippen molar-refractivity contribution in [3.8, 4) is 5.75 Å². The van der Waals surface area contributed by atoms with Crippen molar-refractivity contribution in [3.63, 3.8) is 0 Å². The van der Waals surface area contributed by atoms with E-state index < -0.39 is 11.9 Å². The lowest BCUT2D eigenvalue weighted by Gasteiger charge is -2.06. The number of carboxylic acid groups (broad SMARTS) is 1. The number of hydrogen-bond donors (Lipinski definition) is 2. The minimum atomic E-state index is -1.13. The third-order valence-electron chi connectivity index (χ3n) is 2.51. The van der Waals surface area contributed by atoms with E-state index in [0.29, 0.717) is 16.5 Å². The second kappa shape index (κ2) is 6.55. The average Bonchev–Trinajstić information content (AvgIpc) is 2.79. The first-order valence-electron chi connectivity index (χ1n) is 5.85. The van der Waals surface area contributed by atoms with Crippen LogP contribution in [0.3, 0.4) is 0 Å². The van der Waals surface area contributed by atoms with Gasteiger partial charge in [-0.05, 0) is 42.7 Å². The summed E-state index contributed by atoms with van der Waals surface area (Å²) in [6, 6.07) is 6.55. The fourth-order valence-corrected chi connectivity index (χ4v) is 2.48. The van der Waals surface area contributed by atoms with Crippen molar-refractivity contribution in [1.29, 1.82) is 0 Å². The average molecular weight is 327 g/mol. The van der Waals surface area contributed by atoms with Crippen LogP contribution in [0.5, 0.6) is 5.75 Å². The van der Waals surface area contributed by atoms with Crippen molar-refractivity contribution in [2.45, 2.75) is 6.92 Å². The Morgan fingerprint density at radius 2 is 2.05 bits per heavy atom. The number of aromatic nitrogens is 1. The first-order valence-corrected chi connectivity index (χ1v) is 7.00. The lowest BCUT2D eigenvalue weighted by Crippen LogP contribution is -2.20. The molecular formula is C13H11ClN2O4S. The molecule has 0 aliphatic heterocycles. The van der Waals surface area contributed by atoms with Gasteiger partial charge in [0.1, 0.15) is 16.3 Å². The number of anilines is 1. The van der Waals surface area contributed by atoms with Gasteiger partial charge in [-0.25, -0.2) is 4.79 Å². The molecule has 8 heteroatoms. The van der Waals surface area contributed by atoms with Crippen LogP contribution < -0.4 is 10.1 Å². The molecule has 6 nitrogen and oxygen atoms in total. The quantitative estimate of drug-likeness (QED) is 0.882. The number of nitrogens with one attached hydrogen (secondary N) is 1. The first kappa shape index (κ1) is 15.3. The lowest BCUT2D eigenvalue weighted by atomic mass is 10.2. The Bertz CT molecular complexity index is 669. The Morgan fingerprint density at radius 3 is 2.67 bits per heavy atom. The molecule has 0 saturated heterocycles. The third kappa shape index (κ3) is 3.93. The topological polar surface area (TPSA) is 88.5 Å². The van der Waals surface area contributed by atoms with Gasteiger partial charge < -0.3 is 15.2 Å². The maximum atomic E-state index is 11.8. The third-order valence-corrected chi connectivity index (χ3v) is 3.62. The molecule has 2 rings (SSSR count). The summed E-state index contributed by atoms with van der Waals surface area (Å²) in [4.78, 5) is 22.8. The monoisotopic (exact) mass is 326 g/mol. The molecular weight excluding hydrogens is 316 g/mol. The highest BCUT2D eigenvalue weighted by Gasteiger charge is 2.19. The molecule has 21 heavy (non-hydrogen) atoms. The normalized spacial score (nSPS) is 10.2. The van der Waals surface area contributed by atoms with Crippen LogP contribution in [0.15, 0.2) is 24.3 Å². The number of rotatable bonds is 5. The smallest absolute Gasteiger partial charge is 0.340 e.